The van der Waals surface area contributed by atoms with E-state index < -0.39 is 15.7 Å². The summed E-state index contributed by atoms with van der Waals surface area (Å²) in [5.74, 6) is -0.672. The second-order valence-electron chi connectivity index (χ2n) is 9.77. The van der Waals surface area contributed by atoms with Crippen molar-refractivity contribution in [1.82, 2.24) is 0 Å². The number of fused-ring (bicyclic) bond motifs is 1. The molecule has 2 heterocycles. The molecule has 2 aliphatic heterocycles. The highest BCUT2D eigenvalue weighted by molar-refractivity contribution is 7.91. The van der Waals surface area contributed by atoms with E-state index in [4.69, 9.17) is 0 Å². The molecule has 6 heteroatoms. The summed E-state index contributed by atoms with van der Waals surface area (Å²) >= 11 is 0. The first-order chi connectivity index (χ1) is 16.8. The molecule has 4 nitrogen and oxygen atoms in total. The second kappa shape index (κ2) is 9.08. The molecule has 0 radical (unpaired) electrons. The predicted octanol–water partition coefficient (Wildman–Crippen LogP) is 5.95. The summed E-state index contributed by atoms with van der Waals surface area (Å²) < 4.78 is 41.9. The van der Waals surface area contributed by atoms with Gasteiger partial charge in [0.25, 0.3) is 5.88 Å². The zero-order valence-electron chi connectivity index (χ0n) is 20.1. The Morgan fingerprint density at radius 2 is 1.57 bits per heavy atom. The van der Waals surface area contributed by atoms with Gasteiger partial charge in [-0.3, -0.25) is 0 Å². The number of hydrogen-bond acceptors (Lipinski definition) is 3. The van der Waals surface area contributed by atoms with Gasteiger partial charge in [-0.25, -0.2) is 12.8 Å². The van der Waals surface area contributed by atoms with Crippen molar-refractivity contribution in [2.24, 2.45) is 0 Å². The van der Waals surface area contributed by atoms with E-state index in [9.17, 15) is 12.8 Å². The van der Waals surface area contributed by atoms with Crippen LogP contribution in [0.25, 0.3) is 6.08 Å². The van der Waals surface area contributed by atoms with Gasteiger partial charge in [-0.2, -0.15) is 4.58 Å². The van der Waals surface area contributed by atoms with Gasteiger partial charge >= 0.3 is 0 Å². The first-order valence-electron chi connectivity index (χ1n) is 12.0. The highest BCUT2D eigenvalue weighted by Gasteiger charge is 2.45. The summed E-state index contributed by atoms with van der Waals surface area (Å²) in [5, 5.41) is 0. The summed E-state index contributed by atoms with van der Waals surface area (Å²) in [6, 6.07) is 21.5. The van der Waals surface area contributed by atoms with E-state index in [2.05, 4.69) is 49.1 Å². The fraction of sp³-hybridized carbons (Fsp3) is 0.276. The molecule has 2 aliphatic rings. The van der Waals surface area contributed by atoms with Crippen molar-refractivity contribution in [3.63, 3.8) is 0 Å². The molecule has 180 valence electrons. The van der Waals surface area contributed by atoms with E-state index >= 15 is 0 Å². The van der Waals surface area contributed by atoms with Crippen molar-refractivity contribution >= 4 is 33.0 Å². The Labute approximate surface area is 207 Å². The minimum atomic E-state index is -3.69. The van der Waals surface area contributed by atoms with Gasteiger partial charge in [-0.15, -0.1) is 0 Å². The van der Waals surface area contributed by atoms with E-state index in [-0.39, 0.29) is 16.2 Å². The maximum Gasteiger partial charge on any atom is 0.252 e. The fourth-order valence-electron chi connectivity index (χ4n) is 5.11. The Morgan fingerprint density at radius 3 is 2.26 bits per heavy atom. The topological polar surface area (TPSA) is 40.4 Å². The smallest absolute Gasteiger partial charge is 0.252 e. The fourth-order valence-corrected chi connectivity index (χ4v) is 6.43. The van der Waals surface area contributed by atoms with Crippen molar-refractivity contribution in [1.29, 1.82) is 0 Å². The van der Waals surface area contributed by atoms with Crippen LogP contribution in [-0.4, -0.2) is 37.7 Å². The molecule has 35 heavy (non-hydrogen) atoms. The van der Waals surface area contributed by atoms with Crippen LogP contribution in [0.2, 0.25) is 0 Å². The van der Waals surface area contributed by atoms with E-state index in [1.807, 2.05) is 34.9 Å². The number of halogens is 1. The molecule has 0 amide bonds. The zero-order valence-corrected chi connectivity index (χ0v) is 20.9. The van der Waals surface area contributed by atoms with Crippen molar-refractivity contribution < 1.29 is 17.4 Å². The van der Waals surface area contributed by atoms with Gasteiger partial charge in [0.1, 0.15) is 5.82 Å². The number of hydrogen-bond donors (Lipinski definition) is 0. The minimum absolute atomic E-state index is 0.113. The largest absolute Gasteiger partial charge is 0.372 e. The first-order valence-corrected chi connectivity index (χ1v) is 13.7. The van der Waals surface area contributed by atoms with Crippen molar-refractivity contribution in [2.75, 3.05) is 23.9 Å². The number of rotatable bonds is 6. The standard InChI is InChI=1S/C29H30FN2O2S/c1-29(2)26-7-3-4-8-27(26)32(21-35(33,34)25-16-12-23(30)13-17-25)28(29)18-11-22-9-14-24(15-10-22)31-19-5-6-20-31/h3-4,7-18H,5-6,19-21H2,1-2H3/q+1. The number of benzene rings is 3. The maximum absolute atomic E-state index is 13.4. The predicted molar refractivity (Wildman–Crippen MR) is 140 cm³/mol. The Kier molecular flexibility index (Phi) is 6.09. The summed E-state index contributed by atoms with van der Waals surface area (Å²) in [7, 11) is -3.69. The molecule has 0 atom stereocenters. The van der Waals surface area contributed by atoms with Gasteiger partial charge in [0.2, 0.25) is 15.5 Å². The van der Waals surface area contributed by atoms with Crippen LogP contribution >= 0.6 is 0 Å². The van der Waals surface area contributed by atoms with Gasteiger partial charge in [0.15, 0.2) is 5.71 Å². The average Bonchev–Trinajstić information content (AvgIpc) is 3.45. The van der Waals surface area contributed by atoms with Crippen molar-refractivity contribution in [3.8, 4) is 0 Å². The molecule has 0 spiro atoms. The summed E-state index contributed by atoms with van der Waals surface area (Å²) in [4.78, 5) is 2.52. The molecule has 0 aromatic heterocycles. The number of anilines is 1. The molecule has 0 N–H and O–H groups in total. The van der Waals surface area contributed by atoms with Crippen molar-refractivity contribution in [3.05, 3.63) is 95.8 Å². The molecule has 5 rings (SSSR count). The molecular formula is C29H30FN2O2S+. The Balaban J connectivity index is 1.51. The SMILES string of the molecule is CC1(C)C(/C=C/c2ccc(N3CCCC3)cc2)=[N+](CS(=O)(=O)c2ccc(F)cc2)c2ccccc21. The first kappa shape index (κ1) is 23.5. The third kappa shape index (κ3) is 4.55. The van der Waals surface area contributed by atoms with E-state index in [0.29, 0.717) is 0 Å². The molecule has 1 fully saturated rings. The lowest BCUT2D eigenvalue weighted by Crippen LogP contribution is -2.29. The van der Waals surface area contributed by atoms with Gasteiger partial charge < -0.3 is 4.90 Å². The molecule has 1 saturated heterocycles. The zero-order chi connectivity index (χ0) is 24.6. The molecule has 3 aromatic carbocycles. The van der Waals surface area contributed by atoms with Gasteiger partial charge in [0, 0.05) is 36.5 Å². The van der Waals surface area contributed by atoms with Crippen LogP contribution in [0.1, 0.15) is 37.8 Å². The third-order valence-electron chi connectivity index (χ3n) is 7.07. The highest BCUT2D eigenvalue weighted by Crippen LogP contribution is 2.40. The Morgan fingerprint density at radius 1 is 0.914 bits per heavy atom. The van der Waals surface area contributed by atoms with Crippen molar-refractivity contribution in [2.45, 2.75) is 37.0 Å². The number of nitrogens with zero attached hydrogens (tertiary/aromatic N) is 2. The maximum atomic E-state index is 13.4. The average molecular weight is 490 g/mol. The van der Waals surface area contributed by atoms with Crippen LogP contribution in [0.4, 0.5) is 15.8 Å². The van der Waals surface area contributed by atoms with Crippen LogP contribution < -0.4 is 4.90 Å². The Hall–Kier alpha value is -3.25. The van der Waals surface area contributed by atoms with Gasteiger partial charge in [-0.1, -0.05) is 30.3 Å². The third-order valence-corrected chi connectivity index (χ3v) is 8.66. The summed E-state index contributed by atoms with van der Waals surface area (Å²) in [6.07, 6.45) is 6.57. The minimum Gasteiger partial charge on any atom is -0.372 e. The van der Waals surface area contributed by atoms with Crippen LogP contribution in [0.5, 0.6) is 0 Å². The van der Waals surface area contributed by atoms with Crippen LogP contribution in [0.3, 0.4) is 0 Å². The van der Waals surface area contributed by atoms with Crippen LogP contribution in [-0.2, 0) is 15.3 Å². The van der Waals surface area contributed by atoms with Crippen LogP contribution in [0.15, 0.2) is 83.8 Å². The van der Waals surface area contributed by atoms with Gasteiger partial charge in [0.05, 0.1) is 10.3 Å². The normalized spacial score (nSPS) is 17.4. The van der Waals surface area contributed by atoms with Gasteiger partial charge in [-0.05, 0) is 74.7 Å². The molecule has 0 saturated carbocycles. The quantitative estimate of drug-likeness (QED) is 0.318. The lowest BCUT2D eigenvalue weighted by atomic mass is 9.81. The number of para-hydroxylation sites is 1. The lowest BCUT2D eigenvalue weighted by Gasteiger charge is -2.17. The Bertz CT molecular complexity index is 1400. The summed E-state index contributed by atoms with van der Waals surface area (Å²) in [6.45, 7) is 6.45. The van der Waals surface area contributed by atoms with E-state index in [1.54, 1.807) is 0 Å². The molecule has 0 bridgehead atoms. The monoisotopic (exact) mass is 489 g/mol. The second-order valence-corrected chi connectivity index (χ2v) is 11.7. The summed E-state index contributed by atoms with van der Waals surface area (Å²) in [5.41, 5.74) is 4.81. The lowest BCUT2D eigenvalue weighted by molar-refractivity contribution is -0.414. The molecule has 3 aromatic rings. The molecular weight excluding hydrogens is 459 g/mol. The van der Waals surface area contributed by atoms with Crippen LogP contribution in [0, 0.1) is 5.82 Å². The number of sulfone groups is 1. The van der Waals surface area contributed by atoms with E-state index in [1.165, 1.54) is 42.8 Å². The molecule has 0 unspecified atom stereocenters. The number of allylic oxidation sites excluding steroid dienone is 1. The highest BCUT2D eigenvalue weighted by atomic mass is 32.2. The molecule has 0 aliphatic carbocycles. The van der Waals surface area contributed by atoms with E-state index in [0.717, 1.165) is 35.6 Å².